The molecule has 0 aliphatic rings. The molecule has 0 saturated heterocycles. The van der Waals surface area contributed by atoms with Gasteiger partial charge < -0.3 is 9.84 Å². The Bertz CT molecular complexity index is 866. The molecule has 3 nitrogen and oxygen atoms in total. The number of hydrogen-bond donors (Lipinski definition) is 1. The molecular formula is C20H18O3. The summed E-state index contributed by atoms with van der Waals surface area (Å²) in [7, 11) is 0. The first-order valence-electron chi connectivity index (χ1n) is 7.58. The number of phenolic OH excluding ortho intramolecular Hbond substituents is 1. The maximum Gasteiger partial charge on any atom is 0.196 e. The summed E-state index contributed by atoms with van der Waals surface area (Å²) in [5.41, 5.74) is 0.827. The maximum absolute atomic E-state index is 12.6. The highest BCUT2D eigenvalue weighted by Crippen LogP contribution is 2.27. The van der Waals surface area contributed by atoms with Crippen LogP contribution in [0.4, 0.5) is 0 Å². The van der Waals surface area contributed by atoms with Crippen molar-refractivity contribution in [3.05, 3.63) is 71.8 Å². The lowest BCUT2D eigenvalue weighted by Gasteiger charge is -2.11. The number of ether oxygens (including phenoxy) is 1. The van der Waals surface area contributed by atoms with Gasteiger partial charge in [-0.25, -0.2) is 0 Å². The molecule has 116 valence electrons. The number of ketones is 1. The number of rotatable bonds is 4. The molecule has 1 N–H and O–H groups in total. The Morgan fingerprint density at radius 1 is 0.957 bits per heavy atom. The van der Waals surface area contributed by atoms with Crippen LogP contribution in [-0.4, -0.2) is 17.0 Å². The highest BCUT2D eigenvalue weighted by molar-refractivity contribution is 6.12. The van der Waals surface area contributed by atoms with Crippen molar-refractivity contribution in [2.24, 2.45) is 0 Å². The normalized spacial score (nSPS) is 10.9. The van der Waals surface area contributed by atoms with Crippen molar-refractivity contribution in [1.82, 2.24) is 0 Å². The van der Waals surface area contributed by atoms with E-state index in [0.717, 1.165) is 10.8 Å². The Labute approximate surface area is 135 Å². The lowest BCUT2D eigenvalue weighted by Crippen LogP contribution is -2.06. The standard InChI is InChI=1S/C20H18O3/c1-13(2)23-17-9-10-18(19(21)12-17)20(22)16-8-7-14-5-3-4-6-15(14)11-16/h3-13,21H,1-2H3. The molecule has 0 heterocycles. The number of fused-ring (bicyclic) bond motifs is 1. The minimum absolute atomic E-state index is 0.0106. The topological polar surface area (TPSA) is 46.5 Å². The van der Waals surface area contributed by atoms with Crippen LogP contribution in [-0.2, 0) is 0 Å². The van der Waals surface area contributed by atoms with Crippen molar-refractivity contribution >= 4 is 16.6 Å². The van der Waals surface area contributed by atoms with Gasteiger partial charge in [-0.3, -0.25) is 4.79 Å². The van der Waals surface area contributed by atoms with Gasteiger partial charge in [-0.15, -0.1) is 0 Å². The van der Waals surface area contributed by atoms with E-state index in [1.54, 1.807) is 18.2 Å². The fourth-order valence-corrected chi connectivity index (χ4v) is 2.53. The summed E-state index contributed by atoms with van der Waals surface area (Å²) < 4.78 is 5.52. The van der Waals surface area contributed by atoms with E-state index in [0.29, 0.717) is 11.3 Å². The van der Waals surface area contributed by atoms with Crippen molar-refractivity contribution in [2.45, 2.75) is 20.0 Å². The van der Waals surface area contributed by atoms with Crippen LogP contribution in [0.2, 0.25) is 0 Å². The minimum Gasteiger partial charge on any atom is -0.507 e. The first kappa shape index (κ1) is 15.1. The first-order valence-corrected chi connectivity index (χ1v) is 7.58. The molecule has 0 atom stereocenters. The van der Waals surface area contributed by atoms with Gasteiger partial charge in [-0.2, -0.15) is 0 Å². The summed E-state index contributed by atoms with van der Waals surface area (Å²) in [6.45, 7) is 3.82. The monoisotopic (exact) mass is 306 g/mol. The molecule has 3 heteroatoms. The summed E-state index contributed by atoms with van der Waals surface area (Å²) in [5.74, 6) is 0.276. The van der Waals surface area contributed by atoms with Crippen LogP contribution in [0.5, 0.6) is 11.5 Å². The van der Waals surface area contributed by atoms with E-state index in [-0.39, 0.29) is 23.2 Å². The number of aromatic hydroxyl groups is 1. The zero-order valence-electron chi connectivity index (χ0n) is 13.1. The third-order valence-electron chi connectivity index (χ3n) is 3.60. The third-order valence-corrected chi connectivity index (χ3v) is 3.60. The predicted octanol–water partition coefficient (Wildman–Crippen LogP) is 4.56. The fraction of sp³-hybridized carbons (Fsp3) is 0.150. The van der Waals surface area contributed by atoms with Gasteiger partial charge in [0, 0.05) is 11.6 Å². The van der Waals surface area contributed by atoms with E-state index in [2.05, 4.69) is 0 Å². The van der Waals surface area contributed by atoms with Crippen molar-refractivity contribution in [2.75, 3.05) is 0 Å². The molecule has 0 unspecified atom stereocenters. The van der Waals surface area contributed by atoms with Gasteiger partial charge in [0.2, 0.25) is 0 Å². The molecule has 23 heavy (non-hydrogen) atoms. The fourth-order valence-electron chi connectivity index (χ4n) is 2.53. The molecule has 0 spiro atoms. The summed E-state index contributed by atoms with van der Waals surface area (Å²) >= 11 is 0. The number of carbonyl (C=O) groups is 1. The van der Waals surface area contributed by atoms with Gasteiger partial charge >= 0.3 is 0 Å². The van der Waals surface area contributed by atoms with E-state index < -0.39 is 0 Å². The Kier molecular flexibility index (Phi) is 4.02. The minimum atomic E-state index is -0.204. The SMILES string of the molecule is CC(C)Oc1ccc(C(=O)c2ccc3ccccc3c2)c(O)c1. The van der Waals surface area contributed by atoms with Crippen LogP contribution >= 0.6 is 0 Å². The van der Waals surface area contributed by atoms with Crippen LogP contribution < -0.4 is 4.74 Å². The molecule has 0 radical (unpaired) electrons. The lowest BCUT2D eigenvalue weighted by molar-refractivity contribution is 0.103. The van der Waals surface area contributed by atoms with E-state index >= 15 is 0 Å². The zero-order chi connectivity index (χ0) is 16.4. The summed E-state index contributed by atoms with van der Waals surface area (Å²) in [5, 5.41) is 12.2. The predicted molar refractivity (Wildman–Crippen MR) is 91.3 cm³/mol. The smallest absolute Gasteiger partial charge is 0.196 e. The van der Waals surface area contributed by atoms with Gasteiger partial charge in [-0.05, 0) is 42.8 Å². The van der Waals surface area contributed by atoms with Crippen molar-refractivity contribution in [3.63, 3.8) is 0 Å². The molecular weight excluding hydrogens is 288 g/mol. The molecule has 0 fully saturated rings. The van der Waals surface area contributed by atoms with Gasteiger partial charge in [0.05, 0.1) is 11.7 Å². The van der Waals surface area contributed by atoms with E-state index in [1.165, 1.54) is 6.07 Å². The second-order valence-electron chi connectivity index (χ2n) is 5.74. The average Bonchev–Trinajstić information content (AvgIpc) is 2.53. The Hall–Kier alpha value is -2.81. The average molecular weight is 306 g/mol. The second kappa shape index (κ2) is 6.13. The molecule has 0 bridgehead atoms. The van der Waals surface area contributed by atoms with Gasteiger partial charge in [0.25, 0.3) is 0 Å². The molecule has 3 rings (SSSR count). The summed E-state index contributed by atoms with van der Waals surface area (Å²) in [4.78, 5) is 12.6. The van der Waals surface area contributed by atoms with Crippen molar-refractivity contribution in [3.8, 4) is 11.5 Å². The second-order valence-corrected chi connectivity index (χ2v) is 5.74. The molecule has 0 amide bonds. The van der Waals surface area contributed by atoms with Gasteiger partial charge in [-0.1, -0.05) is 36.4 Å². The number of benzene rings is 3. The zero-order valence-corrected chi connectivity index (χ0v) is 13.1. The molecule has 3 aromatic carbocycles. The van der Waals surface area contributed by atoms with Crippen LogP contribution in [0, 0.1) is 0 Å². The quantitative estimate of drug-likeness (QED) is 0.719. The van der Waals surface area contributed by atoms with E-state index in [4.69, 9.17) is 4.74 Å². The summed E-state index contributed by atoms with van der Waals surface area (Å²) in [6, 6.07) is 18.2. The van der Waals surface area contributed by atoms with Crippen LogP contribution in [0.15, 0.2) is 60.7 Å². The van der Waals surface area contributed by atoms with Crippen molar-refractivity contribution < 1.29 is 14.6 Å². The largest absolute Gasteiger partial charge is 0.507 e. The number of carbonyl (C=O) groups excluding carboxylic acids is 1. The Morgan fingerprint density at radius 2 is 1.70 bits per heavy atom. The van der Waals surface area contributed by atoms with Gasteiger partial charge in [0.15, 0.2) is 5.78 Å². The van der Waals surface area contributed by atoms with Crippen LogP contribution in [0.3, 0.4) is 0 Å². The molecule has 3 aromatic rings. The van der Waals surface area contributed by atoms with E-state index in [9.17, 15) is 9.90 Å². The number of phenols is 1. The van der Waals surface area contributed by atoms with Gasteiger partial charge in [0.1, 0.15) is 11.5 Å². The van der Waals surface area contributed by atoms with Crippen molar-refractivity contribution in [1.29, 1.82) is 0 Å². The van der Waals surface area contributed by atoms with E-state index in [1.807, 2.05) is 50.2 Å². The Balaban J connectivity index is 1.95. The Morgan fingerprint density at radius 3 is 2.39 bits per heavy atom. The molecule has 0 aliphatic carbocycles. The first-order chi connectivity index (χ1) is 11.0. The third kappa shape index (κ3) is 3.19. The van der Waals surface area contributed by atoms with Crippen LogP contribution in [0.25, 0.3) is 10.8 Å². The number of hydrogen-bond acceptors (Lipinski definition) is 3. The highest BCUT2D eigenvalue weighted by Gasteiger charge is 2.15. The maximum atomic E-state index is 12.6. The molecule has 0 aromatic heterocycles. The lowest BCUT2D eigenvalue weighted by atomic mass is 9.99. The molecule has 0 aliphatic heterocycles. The highest BCUT2D eigenvalue weighted by atomic mass is 16.5. The van der Waals surface area contributed by atoms with Crippen LogP contribution in [0.1, 0.15) is 29.8 Å². The summed E-state index contributed by atoms with van der Waals surface area (Å²) in [6.07, 6.45) is 0.0106. The molecule has 0 saturated carbocycles.